The minimum absolute atomic E-state index is 0.137. The zero-order chi connectivity index (χ0) is 34.4. The molecule has 2 aliphatic rings. The second-order valence-electron chi connectivity index (χ2n) is 10.2. The molecule has 1 fully saturated rings. The number of anilines is 1. The molecule has 0 radical (unpaired) electrons. The van der Waals surface area contributed by atoms with Crippen molar-refractivity contribution >= 4 is 52.4 Å². The van der Waals surface area contributed by atoms with Crippen molar-refractivity contribution in [3.8, 4) is 11.1 Å². The lowest BCUT2D eigenvalue weighted by Crippen LogP contribution is -2.31. The van der Waals surface area contributed by atoms with Crippen LogP contribution in [0.1, 0.15) is 59.4 Å². The number of carbonyl (C=O) groups excluding carboxylic acids is 2. The van der Waals surface area contributed by atoms with Gasteiger partial charge in [0.15, 0.2) is 0 Å². The standard InChI is InChI=1S/C21H26N2O3S.C11H13NOS2.2C2H6/c1-15-6-5-8-18(15)21(24)22-14-16-10-12-17(13-11-16)19-7-3-4-9-20(19)23-27(2,25)26;13-9-12-8-11-6-3-5-10(15-11)4-1-2-7-14;2*1-2/h3-4,7,9-13,15,18,23H,5-6,8,14H2,1-2H3,(H,22,24);1-7,9-10,14H,8H2,(H,12,13);2*1-2H3/b;4-1+,7-2-;;. The number of benzene rings is 2. The molecule has 0 saturated heterocycles. The summed E-state index contributed by atoms with van der Waals surface area (Å²) in [5.41, 5.74) is 3.31. The second-order valence-corrected chi connectivity index (χ2v) is 13.5. The van der Waals surface area contributed by atoms with Gasteiger partial charge in [-0.2, -0.15) is 12.6 Å². The fraction of sp³-hybridized carbons (Fsp3) is 0.389. The van der Waals surface area contributed by atoms with E-state index >= 15 is 0 Å². The van der Waals surface area contributed by atoms with Crippen LogP contribution in [-0.2, 0) is 26.2 Å². The van der Waals surface area contributed by atoms with Gasteiger partial charge in [0.05, 0.1) is 11.9 Å². The first-order valence-electron chi connectivity index (χ1n) is 15.8. The maximum absolute atomic E-state index is 12.3. The van der Waals surface area contributed by atoms with E-state index in [1.54, 1.807) is 29.3 Å². The van der Waals surface area contributed by atoms with Gasteiger partial charge in [-0.3, -0.25) is 14.3 Å². The number of hydrogen-bond donors (Lipinski definition) is 4. The summed E-state index contributed by atoms with van der Waals surface area (Å²) in [5, 5.41) is 7.72. The lowest BCUT2D eigenvalue weighted by Gasteiger charge is -2.15. The fourth-order valence-electron chi connectivity index (χ4n) is 4.78. The normalized spacial score (nSPS) is 18.6. The van der Waals surface area contributed by atoms with Crippen LogP contribution in [0.5, 0.6) is 0 Å². The molecule has 0 spiro atoms. The van der Waals surface area contributed by atoms with Crippen LogP contribution in [0.2, 0.25) is 0 Å². The SMILES string of the molecule is CC.CC.CC1CCCC1C(=O)NCc1ccc(-c2ccccc2NS(C)(=O)=O)cc1.O=CNCC1=CC=CC(/C=C/C=C\S)S1. The van der Waals surface area contributed by atoms with E-state index in [1.165, 1.54) is 0 Å². The molecule has 1 aliphatic heterocycles. The molecule has 2 aromatic carbocycles. The van der Waals surface area contributed by atoms with Crippen LogP contribution < -0.4 is 15.4 Å². The van der Waals surface area contributed by atoms with Crippen molar-refractivity contribution < 1.29 is 18.0 Å². The molecule has 4 rings (SSSR count). The van der Waals surface area contributed by atoms with Gasteiger partial charge in [0.25, 0.3) is 0 Å². The molecule has 3 unspecified atom stereocenters. The third-order valence-corrected chi connectivity index (χ3v) is 8.81. The number of hydrogen-bond acceptors (Lipinski definition) is 6. The minimum atomic E-state index is -3.34. The minimum Gasteiger partial charge on any atom is -0.354 e. The molecule has 2 amide bonds. The van der Waals surface area contributed by atoms with Gasteiger partial charge in [0.1, 0.15) is 0 Å². The Labute approximate surface area is 287 Å². The molecule has 3 atom stereocenters. The Morgan fingerprint density at radius 1 is 1.00 bits per heavy atom. The van der Waals surface area contributed by atoms with Gasteiger partial charge >= 0.3 is 0 Å². The van der Waals surface area contributed by atoms with E-state index in [0.717, 1.165) is 47.1 Å². The summed E-state index contributed by atoms with van der Waals surface area (Å²) in [6.45, 7) is 11.3. The number of nitrogens with one attached hydrogen (secondary N) is 3. The Morgan fingerprint density at radius 3 is 2.30 bits per heavy atom. The summed E-state index contributed by atoms with van der Waals surface area (Å²) in [7, 11) is -3.34. The van der Waals surface area contributed by atoms with Crippen LogP contribution in [-0.4, -0.2) is 38.8 Å². The fourth-order valence-corrected chi connectivity index (χ4v) is 6.47. The highest BCUT2D eigenvalue weighted by Crippen LogP contribution is 2.32. The topological polar surface area (TPSA) is 104 Å². The maximum atomic E-state index is 12.3. The predicted molar refractivity (Wildman–Crippen MR) is 201 cm³/mol. The molecule has 1 heterocycles. The van der Waals surface area contributed by atoms with E-state index in [2.05, 4.69) is 47.1 Å². The summed E-state index contributed by atoms with van der Waals surface area (Å²) >= 11 is 5.69. The van der Waals surface area contributed by atoms with E-state index < -0.39 is 10.0 Å². The van der Waals surface area contributed by atoms with Crippen molar-refractivity contribution in [2.24, 2.45) is 11.8 Å². The number of para-hydroxylation sites is 1. The van der Waals surface area contributed by atoms with Crippen LogP contribution in [0.15, 0.2) is 95.3 Å². The summed E-state index contributed by atoms with van der Waals surface area (Å²) in [5.74, 6) is 0.746. The van der Waals surface area contributed by atoms with Crippen molar-refractivity contribution in [3.63, 3.8) is 0 Å². The highest BCUT2D eigenvalue weighted by molar-refractivity contribution is 8.04. The molecule has 3 N–H and O–H groups in total. The smallest absolute Gasteiger partial charge is 0.229 e. The van der Waals surface area contributed by atoms with Gasteiger partial charge in [-0.25, -0.2) is 8.42 Å². The third-order valence-electron chi connectivity index (χ3n) is 6.88. The lowest BCUT2D eigenvalue weighted by molar-refractivity contribution is -0.126. The summed E-state index contributed by atoms with van der Waals surface area (Å²) in [6.07, 6.45) is 17.2. The molecular weight excluding hydrogens is 635 g/mol. The molecule has 0 bridgehead atoms. The number of carbonyl (C=O) groups is 2. The van der Waals surface area contributed by atoms with Crippen molar-refractivity contribution in [1.82, 2.24) is 10.6 Å². The molecule has 252 valence electrons. The Balaban J connectivity index is 0.000000473. The number of thiol groups is 1. The van der Waals surface area contributed by atoms with E-state index in [0.29, 0.717) is 36.4 Å². The quantitative estimate of drug-likeness (QED) is 0.109. The number of thioether (sulfide) groups is 1. The zero-order valence-corrected chi connectivity index (χ0v) is 30.4. The highest BCUT2D eigenvalue weighted by Gasteiger charge is 2.29. The van der Waals surface area contributed by atoms with E-state index in [1.807, 2.05) is 88.4 Å². The monoisotopic (exact) mass is 685 g/mol. The van der Waals surface area contributed by atoms with Gasteiger partial charge in [-0.1, -0.05) is 120 Å². The van der Waals surface area contributed by atoms with Gasteiger partial charge in [0, 0.05) is 34.7 Å². The Hall–Kier alpha value is -3.21. The van der Waals surface area contributed by atoms with Crippen LogP contribution >= 0.6 is 24.4 Å². The van der Waals surface area contributed by atoms with Gasteiger partial charge in [-0.15, -0.1) is 11.8 Å². The van der Waals surface area contributed by atoms with Crippen molar-refractivity contribution in [3.05, 3.63) is 101 Å². The van der Waals surface area contributed by atoms with E-state index in [4.69, 9.17) is 0 Å². The molecule has 1 aliphatic carbocycles. The average molecular weight is 686 g/mol. The molecule has 2 aromatic rings. The van der Waals surface area contributed by atoms with Crippen LogP contribution in [0.3, 0.4) is 0 Å². The maximum Gasteiger partial charge on any atom is 0.229 e. The zero-order valence-electron chi connectivity index (χ0n) is 27.9. The average Bonchev–Trinajstić information content (AvgIpc) is 3.51. The number of amides is 2. The van der Waals surface area contributed by atoms with Crippen LogP contribution in [0, 0.1) is 11.8 Å². The summed E-state index contributed by atoms with van der Waals surface area (Å²) in [4.78, 5) is 23.6. The van der Waals surface area contributed by atoms with Crippen molar-refractivity contribution in [1.29, 1.82) is 0 Å². The summed E-state index contributed by atoms with van der Waals surface area (Å²) < 4.78 is 25.7. The van der Waals surface area contributed by atoms with E-state index in [9.17, 15) is 18.0 Å². The van der Waals surface area contributed by atoms with Gasteiger partial charge in [0.2, 0.25) is 22.3 Å². The van der Waals surface area contributed by atoms with Crippen molar-refractivity contribution in [2.45, 2.75) is 65.7 Å². The summed E-state index contributed by atoms with van der Waals surface area (Å²) in [6, 6.07) is 15.1. The molecule has 10 heteroatoms. The largest absolute Gasteiger partial charge is 0.354 e. The molecule has 46 heavy (non-hydrogen) atoms. The number of sulfonamides is 1. The third kappa shape index (κ3) is 15.4. The lowest BCUT2D eigenvalue weighted by atomic mass is 9.97. The first kappa shape index (κ1) is 40.8. The molecule has 7 nitrogen and oxygen atoms in total. The Bertz CT molecular complexity index is 1420. The van der Waals surface area contributed by atoms with Crippen LogP contribution in [0.4, 0.5) is 5.69 Å². The number of rotatable bonds is 11. The van der Waals surface area contributed by atoms with Gasteiger partial charge < -0.3 is 10.6 Å². The van der Waals surface area contributed by atoms with Crippen LogP contribution in [0.25, 0.3) is 11.1 Å². The Kier molecular flexibility index (Phi) is 20.6. The molecule has 1 saturated carbocycles. The number of allylic oxidation sites excluding steroid dienone is 4. The molecule has 0 aromatic heterocycles. The first-order valence-corrected chi connectivity index (χ1v) is 19.1. The second kappa shape index (κ2) is 23.2. The Morgan fingerprint density at radius 2 is 1.70 bits per heavy atom. The van der Waals surface area contributed by atoms with E-state index in [-0.39, 0.29) is 11.8 Å². The highest BCUT2D eigenvalue weighted by atomic mass is 32.2. The first-order chi connectivity index (χ1) is 22.2. The van der Waals surface area contributed by atoms with Crippen molar-refractivity contribution in [2.75, 3.05) is 17.5 Å². The predicted octanol–water partition coefficient (Wildman–Crippen LogP) is 8.12. The molecular formula is C36H51N3O4S3. The van der Waals surface area contributed by atoms with Gasteiger partial charge in [-0.05, 0) is 41.4 Å².